The number of carbonyl (C=O) groups excluding carboxylic acids is 1. The number of halogens is 3. The standard InChI is InChI=1S/C40H39F3N2O6/c1-38(2,25-49-23-27-11-7-4-8-12-27)36-18-28-17-31(41)32(20-33(28)45(36)21-30(46)24-48-22-26-9-5-3-6-10-26)44-37(47)39(15-16-39)29-13-14-34-35(19-29)51-40(42,43)50-34/h3-14,17-20,30,46H,15-16,21-25H2,1-2H3,(H,44,47)/t30-/m1/s1/i24D2,25D2. The maximum Gasteiger partial charge on any atom is 0.586 e. The lowest BCUT2D eigenvalue weighted by atomic mass is 9.90. The summed E-state index contributed by atoms with van der Waals surface area (Å²) in [5, 5.41) is 14.3. The van der Waals surface area contributed by atoms with Crippen LogP contribution in [-0.2, 0) is 44.9 Å². The zero-order chi connectivity index (χ0) is 39.4. The van der Waals surface area contributed by atoms with Crippen LogP contribution in [0, 0.1) is 5.82 Å². The second kappa shape index (κ2) is 13.7. The first-order chi connectivity index (χ1) is 25.9. The van der Waals surface area contributed by atoms with E-state index in [2.05, 4.69) is 14.8 Å². The minimum Gasteiger partial charge on any atom is -0.395 e. The summed E-state index contributed by atoms with van der Waals surface area (Å²) in [5.74, 6) is -1.80. The summed E-state index contributed by atoms with van der Waals surface area (Å²) in [6.07, 6.45) is -4.92. The lowest BCUT2D eigenvalue weighted by Crippen LogP contribution is -2.31. The SMILES string of the molecule is [2H]C([2H])(OCc1ccccc1)[C@H](O)Cn1c(C(C)(C)C([2H])([2H])OCc2ccccc2)cc2cc(F)c(NC(=O)C3(c4ccc5c(c4)OC(F)(F)O5)CC3)cc21. The summed E-state index contributed by atoms with van der Waals surface area (Å²) in [6.45, 7) is -2.40. The number of rotatable bonds is 14. The predicted octanol–water partition coefficient (Wildman–Crippen LogP) is 7.84. The predicted molar refractivity (Wildman–Crippen MR) is 185 cm³/mol. The molecule has 1 aliphatic heterocycles. The van der Waals surface area contributed by atoms with E-state index < -0.39 is 54.6 Å². The highest BCUT2D eigenvalue weighted by Gasteiger charge is 2.53. The molecule has 0 radical (unpaired) electrons. The zero-order valence-electron chi connectivity index (χ0n) is 31.9. The normalized spacial score (nSPS) is 18.0. The highest BCUT2D eigenvalue weighted by atomic mass is 19.3. The largest absolute Gasteiger partial charge is 0.586 e. The number of nitrogens with zero attached hydrogens (tertiary/aromatic N) is 1. The van der Waals surface area contributed by atoms with E-state index >= 15 is 4.39 Å². The van der Waals surface area contributed by atoms with Gasteiger partial charge >= 0.3 is 6.29 Å². The molecule has 5 aromatic rings. The quantitative estimate of drug-likeness (QED) is 0.122. The molecule has 0 saturated heterocycles. The number of aliphatic hydroxyl groups is 1. The zero-order valence-corrected chi connectivity index (χ0v) is 27.9. The highest BCUT2D eigenvalue weighted by molar-refractivity contribution is 6.02. The molecule has 11 heteroatoms. The molecule has 0 bridgehead atoms. The molecule has 1 fully saturated rings. The molecule has 2 N–H and O–H groups in total. The lowest BCUT2D eigenvalue weighted by molar-refractivity contribution is -0.286. The van der Waals surface area contributed by atoms with Crippen molar-refractivity contribution < 1.29 is 47.5 Å². The summed E-state index contributed by atoms with van der Waals surface area (Å²) in [7, 11) is 0. The molecule has 0 spiro atoms. The van der Waals surface area contributed by atoms with Crippen molar-refractivity contribution in [3.05, 3.63) is 125 Å². The van der Waals surface area contributed by atoms with E-state index in [9.17, 15) is 18.7 Å². The third-order valence-corrected chi connectivity index (χ3v) is 9.08. The summed E-state index contributed by atoms with van der Waals surface area (Å²) < 4.78 is 100. The number of nitrogens with one attached hydrogen (secondary N) is 1. The van der Waals surface area contributed by atoms with Gasteiger partial charge in [-0.25, -0.2) is 4.39 Å². The van der Waals surface area contributed by atoms with E-state index in [1.165, 1.54) is 28.8 Å². The van der Waals surface area contributed by atoms with Gasteiger partial charge in [-0.2, -0.15) is 0 Å². The van der Waals surface area contributed by atoms with E-state index in [-0.39, 0.29) is 47.0 Å². The number of ether oxygens (including phenoxy) is 4. The fourth-order valence-corrected chi connectivity index (χ4v) is 6.28. The van der Waals surface area contributed by atoms with Crippen molar-refractivity contribution in [2.24, 2.45) is 0 Å². The van der Waals surface area contributed by atoms with Gasteiger partial charge in [-0.05, 0) is 59.9 Å². The van der Waals surface area contributed by atoms with Crippen molar-refractivity contribution in [2.75, 3.05) is 18.4 Å². The molecule has 1 saturated carbocycles. The van der Waals surface area contributed by atoms with Gasteiger partial charge in [0, 0.05) is 16.5 Å². The molecule has 7 rings (SSSR count). The van der Waals surface area contributed by atoms with E-state index in [0.29, 0.717) is 24.0 Å². The van der Waals surface area contributed by atoms with Crippen LogP contribution in [0.15, 0.2) is 97.1 Å². The summed E-state index contributed by atoms with van der Waals surface area (Å²) >= 11 is 0. The number of alkyl halides is 2. The Bertz CT molecular complexity index is 2220. The number of aromatic nitrogens is 1. The van der Waals surface area contributed by atoms with Crippen LogP contribution in [0.2, 0.25) is 0 Å². The lowest BCUT2D eigenvalue weighted by Gasteiger charge is -2.28. The first-order valence-electron chi connectivity index (χ1n) is 18.5. The smallest absolute Gasteiger partial charge is 0.395 e. The Hall–Kier alpha value is -4.84. The number of hydrogen-bond donors (Lipinski definition) is 2. The van der Waals surface area contributed by atoms with E-state index in [4.69, 9.17) is 15.0 Å². The molecule has 1 amide bonds. The van der Waals surface area contributed by atoms with Crippen molar-refractivity contribution in [1.29, 1.82) is 0 Å². The van der Waals surface area contributed by atoms with Crippen LogP contribution in [0.5, 0.6) is 11.5 Å². The van der Waals surface area contributed by atoms with Gasteiger partial charge in [0.05, 0.1) is 61.1 Å². The Balaban J connectivity index is 1.22. The van der Waals surface area contributed by atoms with Gasteiger partial charge in [0.15, 0.2) is 11.5 Å². The highest BCUT2D eigenvalue weighted by Crippen LogP contribution is 2.52. The Morgan fingerprint density at radius 3 is 2.25 bits per heavy atom. The summed E-state index contributed by atoms with van der Waals surface area (Å²) in [5.41, 5.74) is -0.564. The van der Waals surface area contributed by atoms with Crippen LogP contribution >= 0.6 is 0 Å². The monoisotopic (exact) mass is 704 g/mol. The second-order valence-corrected chi connectivity index (χ2v) is 13.3. The average Bonchev–Trinajstić information content (AvgIpc) is 3.80. The number of benzene rings is 4. The number of anilines is 1. The van der Waals surface area contributed by atoms with Gasteiger partial charge in [-0.15, -0.1) is 8.78 Å². The molecule has 1 aliphatic carbocycles. The molecule has 1 aromatic heterocycles. The van der Waals surface area contributed by atoms with Gasteiger partial charge in [0.25, 0.3) is 0 Å². The van der Waals surface area contributed by atoms with E-state index in [0.717, 1.165) is 11.6 Å². The number of fused-ring (bicyclic) bond motifs is 2. The third-order valence-electron chi connectivity index (χ3n) is 9.08. The first-order valence-corrected chi connectivity index (χ1v) is 16.5. The van der Waals surface area contributed by atoms with Crippen molar-refractivity contribution in [2.45, 2.75) is 69.7 Å². The van der Waals surface area contributed by atoms with Crippen molar-refractivity contribution >= 4 is 22.5 Å². The van der Waals surface area contributed by atoms with Crippen molar-refractivity contribution in [3.8, 4) is 11.5 Å². The molecular formula is C40H39F3N2O6. The maximum atomic E-state index is 15.9. The Morgan fingerprint density at radius 1 is 0.941 bits per heavy atom. The topological polar surface area (TPSA) is 91.2 Å². The van der Waals surface area contributed by atoms with Gasteiger partial charge in [0.1, 0.15) is 5.82 Å². The molecule has 1 atom stereocenters. The summed E-state index contributed by atoms with van der Waals surface area (Å²) in [6, 6.07) is 26.0. The Morgan fingerprint density at radius 2 is 1.59 bits per heavy atom. The minimum absolute atomic E-state index is 0.0612. The van der Waals surface area contributed by atoms with Crippen LogP contribution in [0.3, 0.4) is 0 Å². The Kier molecular flexibility index (Phi) is 8.02. The Labute approximate surface area is 299 Å². The fraction of sp³-hybridized carbons (Fsp3) is 0.325. The molecule has 266 valence electrons. The van der Waals surface area contributed by atoms with E-state index in [1.54, 1.807) is 74.5 Å². The van der Waals surface area contributed by atoms with Crippen LogP contribution in [0.1, 0.15) is 54.6 Å². The van der Waals surface area contributed by atoms with Gasteiger partial charge in [-0.3, -0.25) is 4.79 Å². The second-order valence-electron chi connectivity index (χ2n) is 13.3. The van der Waals surface area contributed by atoms with Crippen LogP contribution in [0.25, 0.3) is 10.9 Å². The number of hydrogen-bond acceptors (Lipinski definition) is 6. The van der Waals surface area contributed by atoms with Gasteiger partial charge in [0.2, 0.25) is 5.91 Å². The van der Waals surface area contributed by atoms with Crippen LogP contribution < -0.4 is 14.8 Å². The van der Waals surface area contributed by atoms with Crippen LogP contribution in [-0.4, -0.2) is 41.1 Å². The number of aliphatic hydroxyl groups excluding tert-OH is 1. The number of carbonyl (C=O) groups is 1. The third kappa shape index (κ3) is 7.46. The minimum atomic E-state index is -3.84. The molecule has 51 heavy (non-hydrogen) atoms. The van der Waals surface area contributed by atoms with Gasteiger partial charge in [-0.1, -0.05) is 80.6 Å². The molecule has 0 unspecified atom stereocenters. The fourth-order valence-electron chi connectivity index (χ4n) is 6.28. The van der Waals surface area contributed by atoms with Crippen molar-refractivity contribution in [3.63, 3.8) is 0 Å². The maximum absolute atomic E-state index is 15.9. The molecule has 2 aliphatic rings. The molecular weight excluding hydrogens is 661 g/mol. The average molecular weight is 705 g/mol. The molecule has 2 heterocycles. The van der Waals surface area contributed by atoms with Gasteiger partial charge < -0.3 is 33.9 Å². The van der Waals surface area contributed by atoms with Crippen molar-refractivity contribution in [1.82, 2.24) is 4.57 Å². The van der Waals surface area contributed by atoms with Crippen LogP contribution in [0.4, 0.5) is 18.9 Å². The summed E-state index contributed by atoms with van der Waals surface area (Å²) in [4.78, 5) is 13.8. The molecule has 4 aromatic carbocycles. The first kappa shape index (κ1) is 29.8. The molecule has 8 nitrogen and oxygen atoms in total. The number of amides is 1. The van der Waals surface area contributed by atoms with E-state index in [1.807, 2.05) is 6.07 Å².